The molecule has 0 saturated carbocycles. The maximum absolute atomic E-state index is 11.4. The van der Waals surface area contributed by atoms with Crippen molar-refractivity contribution in [2.45, 2.75) is 26.2 Å². The highest BCUT2D eigenvalue weighted by Crippen LogP contribution is 2.08. The molecule has 0 saturated heterocycles. The van der Waals surface area contributed by atoms with Crippen LogP contribution in [0.2, 0.25) is 0 Å². The molecule has 3 nitrogen and oxygen atoms in total. The van der Waals surface area contributed by atoms with Crippen LogP contribution < -0.4 is 0 Å². The maximum atomic E-state index is 11.4. The van der Waals surface area contributed by atoms with Crippen LogP contribution in [-0.2, 0) is 20.7 Å². The van der Waals surface area contributed by atoms with Gasteiger partial charge in [0, 0.05) is 12.8 Å². The van der Waals surface area contributed by atoms with E-state index in [1.165, 1.54) is 0 Å². The summed E-state index contributed by atoms with van der Waals surface area (Å²) in [5, 5.41) is 3.89. The first-order valence-corrected chi connectivity index (χ1v) is 5.85. The van der Waals surface area contributed by atoms with Crippen LogP contribution in [0.5, 0.6) is 0 Å². The van der Waals surface area contributed by atoms with Crippen LogP contribution in [0.15, 0.2) is 16.8 Å². The van der Waals surface area contributed by atoms with Crippen LogP contribution in [0.1, 0.15) is 25.3 Å². The number of esters is 1. The van der Waals surface area contributed by atoms with E-state index in [0.29, 0.717) is 13.0 Å². The molecule has 0 aliphatic carbocycles. The van der Waals surface area contributed by atoms with Gasteiger partial charge in [0.2, 0.25) is 0 Å². The smallest absolute Gasteiger partial charge is 0.306 e. The van der Waals surface area contributed by atoms with Crippen LogP contribution in [0, 0.1) is 0 Å². The Morgan fingerprint density at radius 2 is 2.20 bits per heavy atom. The SMILES string of the molecule is CCOC(=O)CCC(=O)Cc1ccsc1. The van der Waals surface area contributed by atoms with Gasteiger partial charge in [-0.2, -0.15) is 11.3 Å². The number of rotatable bonds is 6. The standard InChI is InChI=1S/C11H14O3S/c1-2-14-11(13)4-3-10(12)7-9-5-6-15-8-9/h5-6,8H,2-4,7H2,1H3. The number of hydrogen-bond donors (Lipinski definition) is 0. The van der Waals surface area contributed by atoms with Crippen molar-refractivity contribution < 1.29 is 14.3 Å². The molecule has 1 aromatic rings. The van der Waals surface area contributed by atoms with Gasteiger partial charge in [-0.25, -0.2) is 0 Å². The summed E-state index contributed by atoms with van der Waals surface area (Å²) in [6.07, 6.45) is 0.883. The summed E-state index contributed by atoms with van der Waals surface area (Å²) in [6, 6.07) is 1.92. The molecule has 0 aliphatic heterocycles. The molecular weight excluding hydrogens is 212 g/mol. The highest BCUT2D eigenvalue weighted by molar-refractivity contribution is 7.07. The van der Waals surface area contributed by atoms with E-state index in [0.717, 1.165) is 5.56 Å². The molecule has 0 N–H and O–H groups in total. The van der Waals surface area contributed by atoms with Crippen molar-refractivity contribution in [3.05, 3.63) is 22.4 Å². The molecule has 0 aliphatic rings. The minimum atomic E-state index is -0.295. The Kier molecular flexibility index (Phi) is 5.04. The third kappa shape index (κ3) is 4.74. The van der Waals surface area contributed by atoms with Gasteiger partial charge in [-0.3, -0.25) is 9.59 Å². The molecule has 0 atom stereocenters. The monoisotopic (exact) mass is 226 g/mol. The second kappa shape index (κ2) is 6.35. The van der Waals surface area contributed by atoms with E-state index < -0.39 is 0 Å². The largest absolute Gasteiger partial charge is 0.466 e. The van der Waals surface area contributed by atoms with Gasteiger partial charge in [-0.15, -0.1) is 0 Å². The Balaban J connectivity index is 2.22. The first-order chi connectivity index (χ1) is 7.22. The lowest BCUT2D eigenvalue weighted by atomic mass is 10.1. The number of carbonyl (C=O) groups excluding carboxylic acids is 2. The number of ketones is 1. The maximum Gasteiger partial charge on any atom is 0.306 e. The fourth-order valence-electron chi connectivity index (χ4n) is 1.18. The minimum absolute atomic E-state index is 0.0847. The van der Waals surface area contributed by atoms with Gasteiger partial charge >= 0.3 is 5.97 Å². The van der Waals surface area contributed by atoms with Gasteiger partial charge in [0.05, 0.1) is 13.0 Å². The van der Waals surface area contributed by atoms with Gasteiger partial charge in [0.25, 0.3) is 0 Å². The van der Waals surface area contributed by atoms with E-state index in [-0.39, 0.29) is 24.6 Å². The van der Waals surface area contributed by atoms with Gasteiger partial charge in [0.15, 0.2) is 0 Å². The van der Waals surface area contributed by atoms with Crippen molar-refractivity contribution in [2.24, 2.45) is 0 Å². The number of Topliss-reactive ketones (excluding diaryl/α,β-unsaturated/α-hetero) is 1. The number of ether oxygens (including phenoxy) is 1. The summed E-state index contributed by atoms with van der Waals surface area (Å²) < 4.78 is 4.74. The predicted molar refractivity (Wildman–Crippen MR) is 58.9 cm³/mol. The molecule has 0 aromatic carbocycles. The molecule has 0 radical (unpaired) electrons. The first-order valence-electron chi connectivity index (χ1n) is 4.90. The first kappa shape index (κ1) is 11.9. The molecular formula is C11H14O3S. The van der Waals surface area contributed by atoms with E-state index in [1.807, 2.05) is 16.8 Å². The molecule has 4 heteroatoms. The van der Waals surface area contributed by atoms with Gasteiger partial charge in [0.1, 0.15) is 5.78 Å². The zero-order chi connectivity index (χ0) is 11.1. The Morgan fingerprint density at radius 3 is 2.80 bits per heavy atom. The van der Waals surface area contributed by atoms with Gasteiger partial charge in [-0.1, -0.05) is 0 Å². The van der Waals surface area contributed by atoms with Crippen LogP contribution >= 0.6 is 11.3 Å². The van der Waals surface area contributed by atoms with E-state index in [9.17, 15) is 9.59 Å². The van der Waals surface area contributed by atoms with Crippen LogP contribution in [-0.4, -0.2) is 18.4 Å². The molecule has 0 bridgehead atoms. The van der Waals surface area contributed by atoms with E-state index >= 15 is 0 Å². The number of carbonyl (C=O) groups is 2. The van der Waals surface area contributed by atoms with Gasteiger partial charge in [-0.05, 0) is 29.3 Å². The molecule has 1 rings (SSSR count). The molecule has 82 valence electrons. The summed E-state index contributed by atoms with van der Waals surface area (Å²) in [5.74, 6) is -0.211. The van der Waals surface area contributed by atoms with Crippen LogP contribution in [0.25, 0.3) is 0 Å². The lowest BCUT2D eigenvalue weighted by Gasteiger charge is -2.00. The zero-order valence-corrected chi connectivity index (χ0v) is 9.51. The van der Waals surface area contributed by atoms with Crippen molar-refractivity contribution in [3.8, 4) is 0 Å². The van der Waals surface area contributed by atoms with E-state index in [4.69, 9.17) is 4.74 Å². The second-order valence-corrected chi connectivity index (χ2v) is 3.93. The van der Waals surface area contributed by atoms with Crippen molar-refractivity contribution in [3.63, 3.8) is 0 Å². The van der Waals surface area contributed by atoms with E-state index in [1.54, 1.807) is 18.3 Å². The van der Waals surface area contributed by atoms with E-state index in [2.05, 4.69) is 0 Å². The van der Waals surface area contributed by atoms with Crippen molar-refractivity contribution in [1.82, 2.24) is 0 Å². The summed E-state index contributed by atoms with van der Waals surface area (Å²) >= 11 is 1.57. The second-order valence-electron chi connectivity index (χ2n) is 3.15. The molecule has 0 spiro atoms. The predicted octanol–water partition coefficient (Wildman–Crippen LogP) is 2.20. The van der Waals surface area contributed by atoms with Crippen LogP contribution in [0.3, 0.4) is 0 Å². The lowest BCUT2D eigenvalue weighted by Crippen LogP contribution is -2.09. The number of thiophene rings is 1. The molecule has 1 aromatic heterocycles. The quantitative estimate of drug-likeness (QED) is 0.698. The van der Waals surface area contributed by atoms with Crippen LogP contribution in [0.4, 0.5) is 0 Å². The highest BCUT2D eigenvalue weighted by Gasteiger charge is 2.08. The van der Waals surface area contributed by atoms with Gasteiger partial charge < -0.3 is 4.74 Å². The minimum Gasteiger partial charge on any atom is -0.466 e. The fraction of sp³-hybridized carbons (Fsp3) is 0.455. The molecule has 0 amide bonds. The average Bonchev–Trinajstić information content (AvgIpc) is 2.68. The summed E-state index contributed by atoms with van der Waals surface area (Å²) in [7, 11) is 0. The Bertz CT molecular complexity index is 317. The molecule has 15 heavy (non-hydrogen) atoms. The zero-order valence-electron chi connectivity index (χ0n) is 8.69. The average molecular weight is 226 g/mol. The lowest BCUT2D eigenvalue weighted by molar-refractivity contribution is -0.144. The third-order valence-corrected chi connectivity index (χ3v) is 2.63. The molecule has 1 heterocycles. The van der Waals surface area contributed by atoms with Crippen molar-refractivity contribution >= 4 is 23.1 Å². The summed E-state index contributed by atoms with van der Waals surface area (Å²) in [5.41, 5.74) is 1.02. The Hall–Kier alpha value is -1.16. The highest BCUT2D eigenvalue weighted by atomic mass is 32.1. The third-order valence-electron chi connectivity index (χ3n) is 1.89. The Morgan fingerprint density at radius 1 is 1.40 bits per heavy atom. The normalized spacial score (nSPS) is 9.93. The topological polar surface area (TPSA) is 43.4 Å². The fourth-order valence-corrected chi connectivity index (χ4v) is 1.85. The Labute approximate surface area is 93.1 Å². The van der Waals surface area contributed by atoms with Crippen molar-refractivity contribution in [1.29, 1.82) is 0 Å². The molecule has 0 unspecified atom stereocenters. The summed E-state index contributed by atoms with van der Waals surface area (Å²) in [6.45, 7) is 2.13. The summed E-state index contributed by atoms with van der Waals surface area (Å²) in [4.78, 5) is 22.4. The number of hydrogen-bond acceptors (Lipinski definition) is 4. The molecule has 0 fully saturated rings. The van der Waals surface area contributed by atoms with Crippen molar-refractivity contribution in [2.75, 3.05) is 6.61 Å².